The van der Waals surface area contributed by atoms with Gasteiger partial charge in [0.2, 0.25) is 0 Å². The SMILES string of the molecule is COc1ccccc1C1=NOC(CN(Cc2ccc(F)cc2F)C(=O)c2ccccc2F)C1. The third-order valence-corrected chi connectivity index (χ3v) is 5.34. The maximum Gasteiger partial charge on any atom is 0.257 e. The van der Waals surface area contributed by atoms with Crippen molar-refractivity contribution < 1.29 is 27.5 Å². The topological polar surface area (TPSA) is 51.1 Å². The minimum atomic E-state index is -0.792. The van der Waals surface area contributed by atoms with Crippen molar-refractivity contribution in [1.29, 1.82) is 0 Å². The van der Waals surface area contributed by atoms with Crippen molar-refractivity contribution in [2.75, 3.05) is 13.7 Å². The van der Waals surface area contributed by atoms with Crippen LogP contribution in [-0.4, -0.2) is 36.3 Å². The van der Waals surface area contributed by atoms with Crippen LogP contribution in [0.5, 0.6) is 5.75 Å². The lowest BCUT2D eigenvalue weighted by Crippen LogP contribution is -2.38. The lowest BCUT2D eigenvalue weighted by molar-refractivity contribution is 0.0400. The highest BCUT2D eigenvalue weighted by molar-refractivity contribution is 6.03. The highest BCUT2D eigenvalue weighted by atomic mass is 19.1. The summed E-state index contributed by atoms with van der Waals surface area (Å²) in [7, 11) is 1.55. The molecule has 3 aromatic rings. The molecular formula is C25H21F3N2O3. The van der Waals surface area contributed by atoms with Crippen molar-refractivity contribution in [1.82, 2.24) is 4.90 Å². The molecule has 0 saturated carbocycles. The number of methoxy groups -OCH3 is 1. The molecule has 0 saturated heterocycles. The van der Waals surface area contributed by atoms with E-state index in [4.69, 9.17) is 9.57 Å². The van der Waals surface area contributed by atoms with Crippen molar-refractivity contribution in [2.45, 2.75) is 19.1 Å². The third kappa shape index (κ3) is 5.00. The summed E-state index contributed by atoms with van der Waals surface area (Å²) in [6, 6.07) is 16.0. The molecule has 1 aliphatic rings. The number of nitrogens with zero attached hydrogens (tertiary/aromatic N) is 2. The second kappa shape index (κ2) is 9.77. The maximum atomic E-state index is 14.3. The summed E-state index contributed by atoms with van der Waals surface area (Å²) in [5, 5.41) is 4.14. The molecular weight excluding hydrogens is 433 g/mol. The molecule has 0 spiro atoms. The second-order valence-electron chi connectivity index (χ2n) is 7.57. The van der Waals surface area contributed by atoms with Crippen LogP contribution in [0.4, 0.5) is 13.2 Å². The molecule has 4 rings (SSSR count). The Balaban J connectivity index is 1.56. The predicted molar refractivity (Wildman–Crippen MR) is 117 cm³/mol. The van der Waals surface area contributed by atoms with E-state index >= 15 is 0 Å². The number of benzene rings is 3. The van der Waals surface area contributed by atoms with Gasteiger partial charge in [-0.15, -0.1) is 0 Å². The Morgan fingerprint density at radius 2 is 1.82 bits per heavy atom. The van der Waals surface area contributed by atoms with E-state index in [1.807, 2.05) is 18.2 Å². The first-order valence-corrected chi connectivity index (χ1v) is 10.3. The van der Waals surface area contributed by atoms with Crippen LogP contribution in [0.1, 0.15) is 27.9 Å². The van der Waals surface area contributed by atoms with Crippen molar-refractivity contribution in [3.63, 3.8) is 0 Å². The fraction of sp³-hybridized carbons (Fsp3) is 0.200. The fourth-order valence-electron chi connectivity index (χ4n) is 3.69. The molecule has 1 aliphatic heterocycles. The number of hydrogen-bond acceptors (Lipinski definition) is 4. The zero-order valence-electron chi connectivity index (χ0n) is 17.8. The van der Waals surface area contributed by atoms with Gasteiger partial charge in [-0.05, 0) is 30.3 Å². The third-order valence-electron chi connectivity index (χ3n) is 5.34. The Morgan fingerprint density at radius 1 is 1.06 bits per heavy atom. The Morgan fingerprint density at radius 3 is 2.58 bits per heavy atom. The first kappa shape index (κ1) is 22.4. The molecule has 170 valence electrons. The molecule has 0 N–H and O–H groups in total. The number of amides is 1. The van der Waals surface area contributed by atoms with Gasteiger partial charge in [-0.3, -0.25) is 4.79 Å². The summed E-state index contributed by atoms with van der Waals surface area (Å²) in [5.74, 6) is -2.21. The number of para-hydroxylation sites is 1. The normalized spacial score (nSPS) is 15.0. The quantitative estimate of drug-likeness (QED) is 0.508. The summed E-state index contributed by atoms with van der Waals surface area (Å²) in [6.45, 7) is -0.171. The van der Waals surface area contributed by atoms with Crippen LogP contribution in [0.25, 0.3) is 0 Å². The van der Waals surface area contributed by atoms with Gasteiger partial charge in [0.05, 0.1) is 24.9 Å². The molecule has 5 nitrogen and oxygen atoms in total. The van der Waals surface area contributed by atoms with Gasteiger partial charge in [0, 0.05) is 30.2 Å². The van der Waals surface area contributed by atoms with Gasteiger partial charge in [0.25, 0.3) is 5.91 Å². The Hall–Kier alpha value is -3.81. The van der Waals surface area contributed by atoms with Crippen molar-refractivity contribution in [2.24, 2.45) is 5.16 Å². The van der Waals surface area contributed by atoms with E-state index in [-0.39, 0.29) is 24.2 Å². The standard InChI is InChI=1S/C25H21F3N2O3/c1-32-24-9-5-3-7-20(24)23-13-18(33-29-23)15-30(14-16-10-11-17(26)12-22(16)28)25(31)19-6-2-4-8-21(19)27/h2-12,18H,13-15H2,1H3. The van der Waals surface area contributed by atoms with Crippen LogP contribution >= 0.6 is 0 Å². The Kier molecular flexibility index (Phi) is 6.63. The highest BCUT2D eigenvalue weighted by Gasteiger charge is 2.29. The Labute approximate surface area is 189 Å². The van der Waals surface area contributed by atoms with E-state index in [1.165, 1.54) is 29.2 Å². The minimum Gasteiger partial charge on any atom is -0.496 e. The lowest BCUT2D eigenvalue weighted by atomic mass is 10.0. The van der Waals surface area contributed by atoms with Gasteiger partial charge < -0.3 is 14.5 Å². The Bertz CT molecular complexity index is 1200. The van der Waals surface area contributed by atoms with Crippen molar-refractivity contribution in [3.05, 3.63) is 101 Å². The lowest BCUT2D eigenvalue weighted by Gasteiger charge is -2.25. The van der Waals surface area contributed by atoms with E-state index < -0.39 is 29.5 Å². The van der Waals surface area contributed by atoms with Crippen LogP contribution in [-0.2, 0) is 11.4 Å². The van der Waals surface area contributed by atoms with Gasteiger partial charge >= 0.3 is 0 Å². The number of hydrogen-bond donors (Lipinski definition) is 0. The van der Waals surface area contributed by atoms with Crippen molar-refractivity contribution in [3.8, 4) is 5.75 Å². The fourth-order valence-corrected chi connectivity index (χ4v) is 3.69. The van der Waals surface area contributed by atoms with Crippen LogP contribution in [0.3, 0.4) is 0 Å². The number of halogens is 3. The largest absolute Gasteiger partial charge is 0.496 e. The van der Waals surface area contributed by atoms with Gasteiger partial charge in [-0.25, -0.2) is 13.2 Å². The molecule has 0 aromatic heterocycles. The molecule has 0 bridgehead atoms. The van der Waals surface area contributed by atoms with E-state index in [9.17, 15) is 18.0 Å². The van der Waals surface area contributed by atoms with Gasteiger partial charge in [-0.1, -0.05) is 35.5 Å². The maximum absolute atomic E-state index is 14.3. The average molecular weight is 454 g/mol. The first-order valence-electron chi connectivity index (χ1n) is 10.3. The molecule has 0 radical (unpaired) electrons. The molecule has 0 fully saturated rings. The molecule has 1 heterocycles. The summed E-state index contributed by atoms with van der Waals surface area (Å²) >= 11 is 0. The zero-order valence-corrected chi connectivity index (χ0v) is 17.8. The van der Waals surface area contributed by atoms with Gasteiger partial charge in [-0.2, -0.15) is 0 Å². The molecule has 0 aliphatic carbocycles. The summed E-state index contributed by atoms with van der Waals surface area (Å²) < 4.78 is 47.3. The average Bonchev–Trinajstić information content (AvgIpc) is 3.28. The molecule has 33 heavy (non-hydrogen) atoms. The molecule has 1 amide bonds. The number of oxime groups is 1. The molecule has 8 heteroatoms. The van der Waals surface area contributed by atoms with Crippen molar-refractivity contribution >= 4 is 11.6 Å². The summed E-state index contributed by atoms with van der Waals surface area (Å²) in [5.41, 5.74) is 1.36. The molecule has 1 unspecified atom stereocenters. The monoisotopic (exact) mass is 454 g/mol. The van der Waals surface area contributed by atoms with Gasteiger partial charge in [0.15, 0.2) is 6.10 Å². The van der Waals surface area contributed by atoms with Crippen LogP contribution in [0.15, 0.2) is 71.9 Å². The van der Waals surface area contributed by atoms with E-state index in [2.05, 4.69) is 5.16 Å². The predicted octanol–water partition coefficient (Wildman–Crippen LogP) is 4.95. The van der Waals surface area contributed by atoms with E-state index in [0.717, 1.165) is 17.7 Å². The number of rotatable bonds is 7. The summed E-state index contributed by atoms with van der Waals surface area (Å²) in [4.78, 5) is 20.0. The molecule has 3 aromatic carbocycles. The van der Waals surface area contributed by atoms with Crippen LogP contribution in [0.2, 0.25) is 0 Å². The second-order valence-corrected chi connectivity index (χ2v) is 7.57. The van der Waals surface area contributed by atoms with Gasteiger partial charge in [0.1, 0.15) is 23.2 Å². The van der Waals surface area contributed by atoms with Crippen LogP contribution < -0.4 is 4.74 Å². The van der Waals surface area contributed by atoms with E-state index in [0.29, 0.717) is 17.9 Å². The first-order chi connectivity index (χ1) is 16.0. The van der Waals surface area contributed by atoms with Crippen LogP contribution in [0, 0.1) is 17.5 Å². The highest BCUT2D eigenvalue weighted by Crippen LogP contribution is 2.26. The smallest absolute Gasteiger partial charge is 0.257 e. The van der Waals surface area contributed by atoms with E-state index in [1.54, 1.807) is 19.2 Å². The molecule has 1 atom stereocenters. The minimum absolute atomic E-state index is 0.0200. The number of ether oxygens (including phenoxy) is 1. The summed E-state index contributed by atoms with van der Waals surface area (Å²) in [6.07, 6.45) is -0.169. The zero-order chi connectivity index (χ0) is 23.4. The number of carbonyl (C=O) groups excluding carboxylic acids is 1. The number of carbonyl (C=O) groups is 1.